The summed E-state index contributed by atoms with van der Waals surface area (Å²) in [5, 5.41) is 0. The SMILES string of the molecule is CCOc1cccc(C(N)c2cc3c(s2)CCCC3)c1. The highest BCUT2D eigenvalue weighted by molar-refractivity contribution is 7.12. The van der Waals surface area contributed by atoms with Gasteiger partial charge in [0.2, 0.25) is 0 Å². The quantitative estimate of drug-likeness (QED) is 0.920. The van der Waals surface area contributed by atoms with Gasteiger partial charge in [-0.1, -0.05) is 12.1 Å². The molecule has 2 N–H and O–H groups in total. The minimum Gasteiger partial charge on any atom is -0.494 e. The van der Waals surface area contributed by atoms with Crippen molar-refractivity contribution in [2.75, 3.05) is 6.61 Å². The van der Waals surface area contributed by atoms with Gasteiger partial charge in [-0.2, -0.15) is 0 Å². The molecule has 0 spiro atoms. The maximum atomic E-state index is 6.45. The van der Waals surface area contributed by atoms with E-state index in [-0.39, 0.29) is 6.04 Å². The minimum atomic E-state index is -0.0361. The lowest BCUT2D eigenvalue weighted by atomic mass is 9.98. The van der Waals surface area contributed by atoms with Crippen LogP contribution in [0.25, 0.3) is 0 Å². The molecule has 1 atom stereocenters. The fourth-order valence-corrected chi connectivity index (χ4v) is 4.08. The van der Waals surface area contributed by atoms with E-state index in [9.17, 15) is 0 Å². The first-order valence-electron chi connectivity index (χ1n) is 7.37. The van der Waals surface area contributed by atoms with Gasteiger partial charge in [0.05, 0.1) is 12.6 Å². The molecule has 0 fully saturated rings. The number of hydrogen-bond acceptors (Lipinski definition) is 3. The number of benzene rings is 1. The third-order valence-electron chi connectivity index (χ3n) is 3.85. The van der Waals surface area contributed by atoms with E-state index in [0.29, 0.717) is 6.61 Å². The van der Waals surface area contributed by atoms with Crippen LogP contribution < -0.4 is 10.5 Å². The Morgan fingerprint density at radius 1 is 1.25 bits per heavy atom. The molecule has 0 saturated carbocycles. The zero-order valence-corrected chi connectivity index (χ0v) is 12.7. The summed E-state index contributed by atoms with van der Waals surface area (Å²) in [6, 6.07) is 10.4. The van der Waals surface area contributed by atoms with Gasteiger partial charge in [-0.05, 0) is 61.9 Å². The fourth-order valence-electron chi connectivity index (χ4n) is 2.80. The summed E-state index contributed by atoms with van der Waals surface area (Å²) in [5.41, 5.74) is 9.10. The Morgan fingerprint density at radius 3 is 2.90 bits per heavy atom. The second kappa shape index (κ2) is 5.98. The van der Waals surface area contributed by atoms with Crippen LogP contribution in [0.1, 0.15) is 46.7 Å². The van der Waals surface area contributed by atoms with Crippen molar-refractivity contribution in [1.29, 1.82) is 0 Å². The van der Waals surface area contributed by atoms with E-state index in [4.69, 9.17) is 10.5 Å². The number of hydrogen-bond donors (Lipinski definition) is 1. The van der Waals surface area contributed by atoms with Crippen molar-refractivity contribution in [2.45, 2.75) is 38.6 Å². The summed E-state index contributed by atoms with van der Waals surface area (Å²) in [6.45, 7) is 2.69. The summed E-state index contributed by atoms with van der Waals surface area (Å²) in [5.74, 6) is 0.904. The Kier molecular flexibility index (Phi) is 4.08. The van der Waals surface area contributed by atoms with E-state index in [0.717, 1.165) is 11.3 Å². The van der Waals surface area contributed by atoms with Gasteiger partial charge < -0.3 is 10.5 Å². The molecule has 106 valence electrons. The molecule has 20 heavy (non-hydrogen) atoms. The molecule has 1 heterocycles. The average Bonchev–Trinajstić information content (AvgIpc) is 2.91. The van der Waals surface area contributed by atoms with Crippen molar-refractivity contribution in [3.63, 3.8) is 0 Å². The van der Waals surface area contributed by atoms with E-state index in [1.54, 1.807) is 4.88 Å². The molecule has 1 aliphatic carbocycles. The lowest BCUT2D eigenvalue weighted by Crippen LogP contribution is -2.10. The van der Waals surface area contributed by atoms with E-state index in [1.165, 1.54) is 36.1 Å². The summed E-state index contributed by atoms with van der Waals surface area (Å²) in [4.78, 5) is 2.83. The summed E-state index contributed by atoms with van der Waals surface area (Å²) in [7, 11) is 0. The van der Waals surface area contributed by atoms with E-state index in [1.807, 2.05) is 30.4 Å². The van der Waals surface area contributed by atoms with Gasteiger partial charge in [-0.3, -0.25) is 0 Å². The molecule has 1 aliphatic rings. The first-order valence-corrected chi connectivity index (χ1v) is 8.19. The van der Waals surface area contributed by atoms with E-state index in [2.05, 4.69) is 18.2 Å². The second-order valence-electron chi connectivity index (χ2n) is 5.29. The highest BCUT2D eigenvalue weighted by atomic mass is 32.1. The molecule has 0 radical (unpaired) electrons. The zero-order valence-electron chi connectivity index (χ0n) is 11.9. The van der Waals surface area contributed by atoms with Crippen molar-refractivity contribution in [2.24, 2.45) is 5.73 Å². The van der Waals surface area contributed by atoms with Crippen molar-refractivity contribution in [1.82, 2.24) is 0 Å². The fraction of sp³-hybridized carbons (Fsp3) is 0.412. The van der Waals surface area contributed by atoms with Crippen LogP contribution in [0.5, 0.6) is 5.75 Å². The smallest absolute Gasteiger partial charge is 0.119 e. The van der Waals surface area contributed by atoms with Crippen LogP contribution in [0.4, 0.5) is 0 Å². The first kappa shape index (κ1) is 13.7. The van der Waals surface area contributed by atoms with Crippen molar-refractivity contribution in [3.8, 4) is 5.75 Å². The second-order valence-corrected chi connectivity index (χ2v) is 6.46. The molecular formula is C17H21NOS. The zero-order chi connectivity index (χ0) is 13.9. The summed E-state index contributed by atoms with van der Waals surface area (Å²) < 4.78 is 5.56. The third kappa shape index (κ3) is 2.74. The molecule has 1 unspecified atom stereocenters. The molecule has 1 aromatic carbocycles. The van der Waals surface area contributed by atoms with Gasteiger partial charge in [0.1, 0.15) is 5.75 Å². The predicted molar refractivity (Wildman–Crippen MR) is 84.6 cm³/mol. The highest BCUT2D eigenvalue weighted by Crippen LogP contribution is 2.34. The topological polar surface area (TPSA) is 35.2 Å². The highest BCUT2D eigenvalue weighted by Gasteiger charge is 2.18. The molecule has 0 aliphatic heterocycles. The molecule has 0 saturated heterocycles. The van der Waals surface area contributed by atoms with E-state index >= 15 is 0 Å². The van der Waals surface area contributed by atoms with Crippen LogP contribution in [-0.4, -0.2) is 6.61 Å². The van der Waals surface area contributed by atoms with Crippen LogP contribution in [0.15, 0.2) is 30.3 Å². The van der Waals surface area contributed by atoms with Crippen LogP contribution in [-0.2, 0) is 12.8 Å². The standard InChI is InChI=1S/C17H21NOS/c1-2-19-14-8-5-7-13(10-14)17(18)16-11-12-6-3-4-9-15(12)20-16/h5,7-8,10-11,17H,2-4,6,9,18H2,1H3. The Hall–Kier alpha value is -1.32. The molecule has 0 amide bonds. The molecule has 3 rings (SSSR count). The van der Waals surface area contributed by atoms with Gasteiger partial charge in [0, 0.05) is 9.75 Å². The summed E-state index contributed by atoms with van der Waals surface area (Å²) >= 11 is 1.89. The Labute approximate surface area is 124 Å². The van der Waals surface area contributed by atoms with Crippen molar-refractivity contribution in [3.05, 3.63) is 51.2 Å². The Bertz CT molecular complexity index is 567. The third-order valence-corrected chi connectivity index (χ3v) is 5.17. The first-order chi connectivity index (χ1) is 9.78. The van der Waals surface area contributed by atoms with Gasteiger partial charge >= 0.3 is 0 Å². The van der Waals surface area contributed by atoms with Gasteiger partial charge in [0.25, 0.3) is 0 Å². The molecule has 3 heteroatoms. The Balaban J connectivity index is 1.86. The van der Waals surface area contributed by atoms with E-state index < -0.39 is 0 Å². The number of fused-ring (bicyclic) bond motifs is 1. The predicted octanol–water partition coefficient (Wildman–Crippen LogP) is 4.07. The number of rotatable bonds is 4. The largest absolute Gasteiger partial charge is 0.494 e. The lowest BCUT2D eigenvalue weighted by molar-refractivity contribution is 0.340. The Morgan fingerprint density at radius 2 is 2.10 bits per heavy atom. The summed E-state index contributed by atoms with van der Waals surface area (Å²) in [6.07, 6.45) is 5.09. The molecule has 0 bridgehead atoms. The molecular weight excluding hydrogens is 266 g/mol. The normalized spacial score (nSPS) is 15.7. The van der Waals surface area contributed by atoms with Gasteiger partial charge in [-0.15, -0.1) is 11.3 Å². The monoisotopic (exact) mass is 287 g/mol. The van der Waals surface area contributed by atoms with Crippen LogP contribution in [0, 0.1) is 0 Å². The van der Waals surface area contributed by atoms with Crippen LogP contribution in [0.2, 0.25) is 0 Å². The van der Waals surface area contributed by atoms with Crippen molar-refractivity contribution < 1.29 is 4.74 Å². The number of ether oxygens (including phenoxy) is 1. The lowest BCUT2D eigenvalue weighted by Gasteiger charge is -2.12. The number of nitrogens with two attached hydrogens (primary N) is 1. The molecule has 2 nitrogen and oxygen atoms in total. The number of aryl methyl sites for hydroxylation is 2. The number of thiophene rings is 1. The van der Waals surface area contributed by atoms with Gasteiger partial charge in [-0.25, -0.2) is 0 Å². The molecule has 1 aromatic heterocycles. The minimum absolute atomic E-state index is 0.0361. The van der Waals surface area contributed by atoms with Gasteiger partial charge in [0.15, 0.2) is 0 Å². The molecule has 2 aromatic rings. The maximum absolute atomic E-state index is 6.45. The average molecular weight is 287 g/mol. The van der Waals surface area contributed by atoms with Crippen LogP contribution in [0.3, 0.4) is 0 Å². The maximum Gasteiger partial charge on any atom is 0.119 e. The van der Waals surface area contributed by atoms with Crippen LogP contribution >= 0.6 is 11.3 Å². The van der Waals surface area contributed by atoms with Crippen molar-refractivity contribution >= 4 is 11.3 Å².